The van der Waals surface area contributed by atoms with E-state index < -0.39 is 30.9 Å². The molecular weight excluding hydrogens is 437 g/mol. The Labute approximate surface area is 195 Å². The molecule has 0 aliphatic rings. The molecule has 0 saturated carbocycles. The van der Waals surface area contributed by atoms with Crippen LogP contribution in [-0.2, 0) is 14.3 Å². The van der Waals surface area contributed by atoms with Gasteiger partial charge >= 0.3 is 5.97 Å². The zero-order chi connectivity index (χ0) is 23.9. The number of anilines is 1. The topological polar surface area (TPSA) is 82.5 Å². The lowest BCUT2D eigenvalue weighted by molar-refractivity contribution is -0.149. The molecule has 0 aliphatic heterocycles. The molecule has 34 heavy (non-hydrogen) atoms. The number of hydrogen-bond donors (Lipinski definition) is 1. The van der Waals surface area contributed by atoms with Crippen molar-refractivity contribution in [3.63, 3.8) is 0 Å². The number of carbonyl (C=O) groups excluding carboxylic acids is 2. The van der Waals surface area contributed by atoms with Crippen LogP contribution in [0.15, 0.2) is 84.9 Å². The smallest absolute Gasteiger partial charge is 0.344 e. The summed E-state index contributed by atoms with van der Waals surface area (Å²) in [5.74, 6) is -1.58. The fraction of sp³-hybridized carbons (Fsp3) is 0.115. The number of para-hydroxylation sites is 2. The van der Waals surface area contributed by atoms with Gasteiger partial charge < -0.3 is 14.8 Å². The van der Waals surface area contributed by atoms with E-state index in [0.29, 0.717) is 11.5 Å². The summed E-state index contributed by atoms with van der Waals surface area (Å²) in [6.45, 7) is 0.952. The highest BCUT2D eigenvalue weighted by Gasteiger charge is 2.15. The zero-order valence-electron chi connectivity index (χ0n) is 18.4. The average molecular weight is 459 g/mol. The van der Waals surface area contributed by atoms with Gasteiger partial charge in [0.05, 0.1) is 11.4 Å². The molecule has 0 bridgehead atoms. The summed E-state index contributed by atoms with van der Waals surface area (Å²) in [5.41, 5.74) is 3.45. The van der Waals surface area contributed by atoms with E-state index in [1.54, 1.807) is 16.8 Å². The molecule has 7 nitrogen and oxygen atoms in total. The first-order valence-electron chi connectivity index (χ1n) is 10.5. The maximum Gasteiger partial charge on any atom is 0.344 e. The van der Waals surface area contributed by atoms with Crippen molar-refractivity contribution < 1.29 is 23.5 Å². The van der Waals surface area contributed by atoms with Gasteiger partial charge in [0.2, 0.25) is 0 Å². The van der Waals surface area contributed by atoms with Gasteiger partial charge in [0.15, 0.2) is 24.8 Å². The number of esters is 1. The first-order chi connectivity index (χ1) is 16.5. The molecule has 4 aromatic rings. The number of carbonyl (C=O) groups is 2. The molecule has 0 radical (unpaired) electrons. The van der Waals surface area contributed by atoms with Crippen LogP contribution in [0.4, 0.5) is 10.2 Å². The minimum atomic E-state index is -0.796. The number of benzene rings is 3. The zero-order valence-corrected chi connectivity index (χ0v) is 18.4. The minimum absolute atomic E-state index is 0.0701. The number of nitrogens with one attached hydrogen (secondary N) is 1. The number of aromatic nitrogens is 2. The molecule has 1 N–H and O–H groups in total. The quantitative estimate of drug-likeness (QED) is 0.391. The van der Waals surface area contributed by atoms with Crippen LogP contribution in [0, 0.1) is 12.7 Å². The molecular formula is C26H22FN3O4. The second-order valence-corrected chi connectivity index (χ2v) is 7.46. The summed E-state index contributed by atoms with van der Waals surface area (Å²) >= 11 is 0. The molecule has 0 fully saturated rings. The summed E-state index contributed by atoms with van der Waals surface area (Å²) < 4.78 is 25.2. The second-order valence-electron chi connectivity index (χ2n) is 7.46. The molecule has 1 heterocycles. The Morgan fingerprint density at radius 2 is 1.65 bits per heavy atom. The number of halogens is 1. The molecule has 1 aromatic heterocycles. The van der Waals surface area contributed by atoms with Gasteiger partial charge in [-0.3, -0.25) is 4.79 Å². The normalized spacial score (nSPS) is 10.5. The summed E-state index contributed by atoms with van der Waals surface area (Å²) in [7, 11) is 0. The van der Waals surface area contributed by atoms with Crippen LogP contribution in [-0.4, -0.2) is 34.9 Å². The van der Waals surface area contributed by atoms with Crippen molar-refractivity contribution in [2.75, 3.05) is 18.5 Å². The van der Waals surface area contributed by atoms with Gasteiger partial charge in [-0.2, -0.15) is 5.10 Å². The molecule has 0 atom stereocenters. The van der Waals surface area contributed by atoms with Gasteiger partial charge in [0.25, 0.3) is 5.91 Å². The lowest BCUT2D eigenvalue weighted by atomic mass is 10.1. The van der Waals surface area contributed by atoms with Crippen molar-refractivity contribution in [3.8, 4) is 22.7 Å². The maximum atomic E-state index is 13.6. The summed E-state index contributed by atoms with van der Waals surface area (Å²) in [6, 6.07) is 24.7. The molecule has 0 saturated heterocycles. The van der Waals surface area contributed by atoms with E-state index in [1.807, 2.05) is 61.5 Å². The minimum Gasteiger partial charge on any atom is -0.479 e. The molecule has 0 aliphatic carbocycles. The van der Waals surface area contributed by atoms with Gasteiger partial charge in [-0.1, -0.05) is 60.2 Å². The number of hydrogen-bond acceptors (Lipinski definition) is 5. The van der Waals surface area contributed by atoms with E-state index in [0.717, 1.165) is 16.8 Å². The fourth-order valence-corrected chi connectivity index (χ4v) is 3.17. The Kier molecular flexibility index (Phi) is 6.98. The molecule has 1 amide bonds. The van der Waals surface area contributed by atoms with E-state index in [2.05, 4.69) is 10.4 Å². The number of amides is 1. The summed E-state index contributed by atoms with van der Waals surface area (Å²) in [4.78, 5) is 24.4. The van der Waals surface area contributed by atoms with Crippen LogP contribution < -0.4 is 10.1 Å². The Bertz CT molecular complexity index is 1290. The van der Waals surface area contributed by atoms with Crippen molar-refractivity contribution >= 4 is 17.7 Å². The molecule has 3 aromatic carbocycles. The lowest BCUT2D eigenvalue weighted by Gasteiger charge is -2.10. The fourth-order valence-electron chi connectivity index (χ4n) is 3.17. The molecule has 4 rings (SSSR count). The van der Waals surface area contributed by atoms with Crippen LogP contribution >= 0.6 is 0 Å². The molecule has 8 heteroatoms. The van der Waals surface area contributed by atoms with Crippen molar-refractivity contribution in [1.82, 2.24) is 9.78 Å². The number of nitrogens with zero attached hydrogens (tertiary/aromatic N) is 2. The first-order valence-corrected chi connectivity index (χ1v) is 10.5. The van der Waals surface area contributed by atoms with Crippen molar-refractivity contribution in [2.45, 2.75) is 6.92 Å². The first kappa shape index (κ1) is 22.7. The van der Waals surface area contributed by atoms with Gasteiger partial charge in [0, 0.05) is 11.6 Å². The summed E-state index contributed by atoms with van der Waals surface area (Å²) in [5, 5.41) is 7.37. The van der Waals surface area contributed by atoms with Crippen molar-refractivity contribution in [2.24, 2.45) is 0 Å². The number of ether oxygens (including phenoxy) is 2. The highest BCUT2D eigenvalue weighted by atomic mass is 19.1. The van der Waals surface area contributed by atoms with Gasteiger partial charge in [-0.15, -0.1) is 0 Å². The maximum absolute atomic E-state index is 13.6. The predicted molar refractivity (Wildman–Crippen MR) is 125 cm³/mol. The van der Waals surface area contributed by atoms with Crippen LogP contribution in [0.25, 0.3) is 16.9 Å². The van der Waals surface area contributed by atoms with E-state index in [1.165, 1.54) is 18.2 Å². The van der Waals surface area contributed by atoms with Crippen molar-refractivity contribution in [3.05, 3.63) is 96.3 Å². The van der Waals surface area contributed by atoms with Crippen LogP contribution in [0.1, 0.15) is 5.56 Å². The van der Waals surface area contributed by atoms with Gasteiger partial charge in [-0.05, 0) is 31.2 Å². The van der Waals surface area contributed by atoms with Gasteiger partial charge in [-0.25, -0.2) is 13.9 Å². The second kappa shape index (κ2) is 10.4. The van der Waals surface area contributed by atoms with E-state index in [-0.39, 0.29) is 5.75 Å². The Hall–Kier alpha value is -4.46. The Morgan fingerprint density at radius 3 is 2.38 bits per heavy atom. The van der Waals surface area contributed by atoms with Crippen LogP contribution in [0.5, 0.6) is 5.75 Å². The number of aryl methyl sites for hydroxylation is 1. The third-order valence-corrected chi connectivity index (χ3v) is 4.87. The van der Waals surface area contributed by atoms with E-state index >= 15 is 0 Å². The highest BCUT2D eigenvalue weighted by molar-refractivity contribution is 5.93. The number of rotatable bonds is 8. The third-order valence-electron chi connectivity index (χ3n) is 4.87. The third kappa shape index (κ3) is 5.66. The Balaban J connectivity index is 1.42. The monoisotopic (exact) mass is 459 g/mol. The molecule has 0 unspecified atom stereocenters. The van der Waals surface area contributed by atoms with Gasteiger partial charge in [0.1, 0.15) is 5.82 Å². The standard InChI is InChI=1S/C26H22FN3O4/c1-18-11-13-19(14-12-18)22-15-24(30(29-22)20-7-3-2-4-8-20)28-25(31)16-34-26(32)17-33-23-10-6-5-9-21(23)27/h2-15H,16-17H2,1H3,(H,28,31). The highest BCUT2D eigenvalue weighted by Crippen LogP contribution is 2.25. The molecule has 0 spiro atoms. The SMILES string of the molecule is Cc1ccc(-c2cc(NC(=O)COC(=O)COc3ccccc3F)n(-c3ccccc3)n2)cc1. The van der Waals surface area contributed by atoms with Crippen LogP contribution in [0.2, 0.25) is 0 Å². The van der Waals surface area contributed by atoms with E-state index in [9.17, 15) is 14.0 Å². The molecule has 172 valence electrons. The van der Waals surface area contributed by atoms with Crippen molar-refractivity contribution in [1.29, 1.82) is 0 Å². The Morgan fingerprint density at radius 1 is 0.941 bits per heavy atom. The van der Waals surface area contributed by atoms with E-state index in [4.69, 9.17) is 9.47 Å². The average Bonchev–Trinajstić information content (AvgIpc) is 3.27. The summed E-state index contributed by atoms with van der Waals surface area (Å²) in [6.07, 6.45) is 0. The largest absolute Gasteiger partial charge is 0.479 e. The van der Waals surface area contributed by atoms with Crippen LogP contribution in [0.3, 0.4) is 0 Å². The lowest BCUT2D eigenvalue weighted by Crippen LogP contribution is -2.24. The predicted octanol–water partition coefficient (Wildman–Crippen LogP) is 4.55.